The second kappa shape index (κ2) is 23.5. The average molecular weight is 1250 g/mol. The average Bonchev–Trinajstić information content (AvgIpc) is 0.813. The molecule has 6 aromatic carbocycles. The standard InChI is InChI=1S/C32H12BF24.C27H37N2/c34-25(35,36)13-1-14(26(37,38)39)6-21(5-13)33(22-7-15(27(40,41)42)2-16(8-22)28(43,44)45,23-9-17(29(46,47)48)3-18(10-23)30(49,50)51)24-11-19(31(52,53)54)4-20(12-24)32(55,56)57;1-18(2)22-11-9-12-23(19(3)4)26(22)28-15-16-29(17-28)27-24(20(5)6)13-10-14-25(27)21(7)8/h1-12H;9-21H,1-8H3/q-1;+1. The van der Waals surface area contributed by atoms with E-state index >= 15 is 0 Å². The molecule has 0 fully saturated rings. The van der Waals surface area contributed by atoms with Crippen LogP contribution in [0, 0.1) is 0 Å². The minimum absolute atomic E-state index is 0.480. The molecule has 0 saturated heterocycles. The lowest BCUT2D eigenvalue weighted by atomic mass is 9.12. The Balaban J connectivity index is 0.000000340. The SMILES string of the molecule is CC(C)c1cccc(C(C)C)c1-n1cc[n+](-c2c(C(C)C)cccc2C(C)C)c1.FC(F)(F)c1cc([B-](c2cc(C(F)(F)F)cc(C(F)(F)F)c2)(c2cc(C(F)(F)F)cc(C(F)(F)F)c2)c2cc(C(F)(F)F)cc(C(F)(F)F)c2)cc(C(F)(F)F)c1. The lowest BCUT2D eigenvalue weighted by Gasteiger charge is -2.46. The van der Waals surface area contributed by atoms with Crippen LogP contribution in [0.1, 0.15) is 146 Å². The molecule has 0 unspecified atom stereocenters. The van der Waals surface area contributed by atoms with Gasteiger partial charge in [0.25, 0.3) is 6.33 Å². The molecular weight excluding hydrogens is 1200 g/mol. The normalized spacial score (nSPS) is 13.5. The van der Waals surface area contributed by atoms with E-state index < -0.39 is 195 Å². The molecule has 0 spiro atoms. The van der Waals surface area contributed by atoms with Crippen LogP contribution in [0.3, 0.4) is 0 Å². The van der Waals surface area contributed by atoms with Crippen molar-refractivity contribution in [1.82, 2.24) is 4.57 Å². The van der Waals surface area contributed by atoms with Crippen molar-refractivity contribution in [3.63, 3.8) is 0 Å². The first kappa shape index (κ1) is 68.0. The summed E-state index contributed by atoms with van der Waals surface area (Å²) in [5, 5.41) is 0. The number of benzene rings is 6. The second-order valence-corrected chi connectivity index (χ2v) is 21.6. The highest BCUT2D eigenvalue weighted by Crippen LogP contribution is 2.42. The predicted molar refractivity (Wildman–Crippen MR) is 274 cm³/mol. The zero-order valence-electron chi connectivity index (χ0n) is 46.0. The fraction of sp³-hybridized carbons (Fsp3) is 0.339. The van der Waals surface area contributed by atoms with Gasteiger partial charge in [0.2, 0.25) is 0 Å². The quantitative estimate of drug-likeness (QED) is 0.0733. The van der Waals surface area contributed by atoms with Crippen LogP contribution in [0.4, 0.5) is 105 Å². The number of hydrogen-bond donors (Lipinski definition) is 0. The number of imidazole rings is 1. The molecule has 7 aromatic rings. The van der Waals surface area contributed by atoms with Crippen LogP contribution in [0.25, 0.3) is 11.4 Å². The number of alkyl halides is 24. The van der Waals surface area contributed by atoms with Gasteiger partial charge < -0.3 is 0 Å². The van der Waals surface area contributed by atoms with E-state index in [2.05, 4.69) is 120 Å². The van der Waals surface area contributed by atoms with Gasteiger partial charge in [0, 0.05) is 22.3 Å². The molecule has 7 rings (SSSR count). The fourth-order valence-electron chi connectivity index (χ4n) is 10.3. The Morgan fingerprint density at radius 3 is 0.721 bits per heavy atom. The number of hydrogen-bond acceptors (Lipinski definition) is 0. The summed E-state index contributed by atoms with van der Waals surface area (Å²) in [4.78, 5) is 0. The van der Waals surface area contributed by atoms with E-state index in [0.29, 0.717) is 23.7 Å². The van der Waals surface area contributed by atoms with Gasteiger partial charge >= 0.3 is 49.4 Å². The van der Waals surface area contributed by atoms with Gasteiger partial charge in [-0.25, -0.2) is 9.13 Å². The van der Waals surface area contributed by atoms with E-state index in [-0.39, 0.29) is 0 Å². The Labute approximate surface area is 476 Å². The molecule has 86 heavy (non-hydrogen) atoms. The van der Waals surface area contributed by atoms with Crippen molar-refractivity contribution < 1.29 is 110 Å². The smallest absolute Gasteiger partial charge is 0.201 e. The Kier molecular flexibility index (Phi) is 18.6. The van der Waals surface area contributed by atoms with Crippen LogP contribution in [0.2, 0.25) is 0 Å². The van der Waals surface area contributed by atoms with Gasteiger partial charge in [0.05, 0.1) is 44.5 Å². The molecule has 0 aliphatic carbocycles. The molecule has 2 nitrogen and oxygen atoms in total. The van der Waals surface area contributed by atoms with Gasteiger partial charge in [-0.15, -0.1) is 0 Å². The number of rotatable bonds is 10. The zero-order valence-corrected chi connectivity index (χ0v) is 46.0. The molecule has 466 valence electrons. The van der Waals surface area contributed by atoms with E-state index in [1.165, 1.54) is 33.6 Å². The van der Waals surface area contributed by atoms with Crippen LogP contribution in [-0.2, 0) is 49.4 Å². The summed E-state index contributed by atoms with van der Waals surface area (Å²) in [6, 6.07) is 4.70. The Bertz CT molecular complexity index is 3000. The maximum atomic E-state index is 14.2. The highest BCUT2D eigenvalue weighted by molar-refractivity contribution is 7.20. The third kappa shape index (κ3) is 14.7. The first-order chi connectivity index (χ1) is 39.0. The van der Waals surface area contributed by atoms with Gasteiger partial charge in [-0.1, -0.05) is 140 Å². The van der Waals surface area contributed by atoms with Crippen LogP contribution in [0.5, 0.6) is 0 Å². The zero-order chi connectivity index (χ0) is 65.2. The van der Waals surface area contributed by atoms with E-state index in [1.807, 2.05) is 0 Å². The number of aromatic nitrogens is 2. The minimum atomic E-state index is -6.13. The molecule has 0 amide bonds. The number of halogens is 24. The first-order valence-electron chi connectivity index (χ1n) is 25.7. The molecule has 0 saturated carbocycles. The topological polar surface area (TPSA) is 8.81 Å². The minimum Gasteiger partial charge on any atom is -0.201 e. The summed E-state index contributed by atoms with van der Waals surface area (Å²) in [5.74, 6) is 1.92. The summed E-state index contributed by atoms with van der Waals surface area (Å²) >= 11 is 0. The lowest BCUT2D eigenvalue weighted by molar-refractivity contribution is -0.596. The van der Waals surface area contributed by atoms with Crippen LogP contribution < -0.4 is 26.4 Å². The molecule has 0 atom stereocenters. The fourth-order valence-corrected chi connectivity index (χ4v) is 10.3. The molecule has 1 heterocycles. The van der Waals surface area contributed by atoms with Crippen molar-refractivity contribution in [3.8, 4) is 11.4 Å². The molecule has 0 aliphatic rings. The van der Waals surface area contributed by atoms with Crippen molar-refractivity contribution in [1.29, 1.82) is 0 Å². The van der Waals surface area contributed by atoms with Crippen LogP contribution >= 0.6 is 0 Å². The van der Waals surface area contributed by atoms with E-state index in [4.69, 9.17) is 0 Å². The highest BCUT2D eigenvalue weighted by Gasteiger charge is 2.47. The van der Waals surface area contributed by atoms with Crippen molar-refractivity contribution in [3.05, 3.63) is 195 Å². The van der Waals surface area contributed by atoms with Crippen LogP contribution in [-0.4, -0.2) is 10.7 Å². The molecular formula is C59H49BF24N2. The largest absolute Gasteiger partial charge is 0.416 e. The van der Waals surface area contributed by atoms with Gasteiger partial charge in [0.1, 0.15) is 29.9 Å². The van der Waals surface area contributed by atoms with Gasteiger partial charge in [-0.05, 0) is 47.9 Å². The summed E-state index contributed by atoms with van der Waals surface area (Å²) in [7, 11) is 0. The first-order valence-corrected chi connectivity index (χ1v) is 25.7. The third-order valence-electron chi connectivity index (χ3n) is 14.3. The maximum Gasteiger partial charge on any atom is 0.416 e. The summed E-state index contributed by atoms with van der Waals surface area (Å²) in [5.41, 5.74) is -21.9. The van der Waals surface area contributed by atoms with E-state index in [9.17, 15) is 105 Å². The van der Waals surface area contributed by atoms with Crippen molar-refractivity contribution in [2.75, 3.05) is 0 Å². The summed E-state index contributed by atoms with van der Waals surface area (Å²) in [6.45, 7) is 18.3. The maximum absolute atomic E-state index is 14.2. The highest BCUT2D eigenvalue weighted by atomic mass is 19.4. The molecule has 0 N–H and O–H groups in total. The molecule has 0 aliphatic heterocycles. The monoisotopic (exact) mass is 1250 g/mol. The van der Waals surface area contributed by atoms with Gasteiger partial charge in [-0.3, -0.25) is 0 Å². The number of nitrogens with zero attached hydrogens (tertiary/aromatic N) is 2. The number of para-hydroxylation sites is 2. The van der Waals surface area contributed by atoms with Crippen molar-refractivity contribution >= 4 is 28.0 Å². The molecule has 0 radical (unpaired) electrons. The predicted octanol–water partition coefficient (Wildman–Crippen LogP) is 18.5. The summed E-state index contributed by atoms with van der Waals surface area (Å²) < 4.78 is 345. The molecule has 0 bridgehead atoms. The van der Waals surface area contributed by atoms with Crippen LogP contribution in [0.15, 0.2) is 128 Å². The van der Waals surface area contributed by atoms with Crippen molar-refractivity contribution in [2.45, 2.75) is 128 Å². The molecule has 27 heteroatoms. The van der Waals surface area contributed by atoms with E-state index in [1.54, 1.807) is 0 Å². The van der Waals surface area contributed by atoms with Gasteiger partial charge in [-0.2, -0.15) is 127 Å². The third-order valence-corrected chi connectivity index (χ3v) is 14.3. The van der Waals surface area contributed by atoms with Crippen molar-refractivity contribution in [2.24, 2.45) is 0 Å². The van der Waals surface area contributed by atoms with Gasteiger partial charge in [0.15, 0.2) is 0 Å². The summed E-state index contributed by atoms with van der Waals surface area (Å²) in [6.07, 6.45) is -48.1. The Hall–Kier alpha value is -7.09. The van der Waals surface area contributed by atoms with E-state index in [0.717, 1.165) is 0 Å². The lowest BCUT2D eigenvalue weighted by Crippen LogP contribution is -2.75. The Morgan fingerprint density at radius 1 is 0.314 bits per heavy atom. The second-order valence-electron chi connectivity index (χ2n) is 21.6. The molecule has 1 aromatic heterocycles. The Morgan fingerprint density at radius 2 is 0.523 bits per heavy atom.